The molecule has 0 amide bonds. The van der Waals surface area contributed by atoms with E-state index in [-0.39, 0.29) is 11.8 Å². The Labute approximate surface area is 87.7 Å². The highest BCUT2D eigenvalue weighted by atomic mass is 16.5. The minimum absolute atomic E-state index is 0.176. The SMILES string of the molecule is O=C(O)C1CC1c1cccc2c1OCC2. The van der Waals surface area contributed by atoms with Crippen LogP contribution in [-0.2, 0) is 11.2 Å². The van der Waals surface area contributed by atoms with Crippen LogP contribution in [0.5, 0.6) is 5.75 Å². The molecule has 3 heteroatoms. The first-order valence-electron chi connectivity index (χ1n) is 5.25. The van der Waals surface area contributed by atoms with Crippen LogP contribution < -0.4 is 4.74 Å². The van der Waals surface area contributed by atoms with Crippen LogP contribution in [-0.4, -0.2) is 17.7 Å². The highest BCUT2D eigenvalue weighted by Gasteiger charge is 2.46. The fraction of sp³-hybridized carbons (Fsp3) is 0.417. The Hall–Kier alpha value is -1.51. The summed E-state index contributed by atoms with van der Waals surface area (Å²) in [7, 11) is 0. The molecule has 1 aromatic rings. The molecule has 0 bridgehead atoms. The molecule has 1 aliphatic carbocycles. The van der Waals surface area contributed by atoms with Crippen LogP contribution >= 0.6 is 0 Å². The zero-order chi connectivity index (χ0) is 10.4. The second-order valence-corrected chi connectivity index (χ2v) is 4.22. The number of rotatable bonds is 2. The third-order valence-corrected chi connectivity index (χ3v) is 3.25. The predicted molar refractivity (Wildman–Crippen MR) is 54.1 cm³/mol. The lowest BCUT2D eigenvalue weighted by molar-refractivity contribution is -0.138. The lowest BCUT2D eigenvalue weighted by atomic mass is 10.0. The Morgan fingerprint density at radius 2 is 2.33 bits per heavy atom. The van der Waals surface area contributed by atoms with Crippen molar-refractivity contribution >= 4 is 5.97 Å². The number of carbonyl (C=O) groups is 1. The second-order valence-electron chi connectivity index (χ2n) is 4.22. The molecular formula is C12H12O3. The van der Waals surface area contributed by atoms with E-state index in [0.717, 1.165) is 30.8 Å². The van der Waals surface area contributed by atoms with Gasteiger partial charge in [0, 0.05) is 12.3 Å². The lowest BCUT2D eigenvalue weighted by Crippen LogP contribution is -1.99. The molecule has 0 aromatic heterocycles. The summed E-state index contributed by atoms with van der Waals surface area (Å²) in [6, 6.07) is 6.06. The smallest absolute Gasteiger partial charge is 0.307 e. The number of carboxylic acid groups (broad SMARTS) is 1. The molecule has 1 heterocycles. The fourth-order valence-corrected chi connectivity index (χ4v) is 2.34. The zero-order valence-corrected chi connectivity index (χ0v) is 8.27. The van der Waals surface area contributed by atoms with Crippen molar-refractivity contribution in [1.82, 2.24) is 0 Å². The molecule has 2 aliphatic rings. The van der Waals surface area contributed by atoms with Crippen LogP contribution in [0.1, 0.15) is 23.5 Å². The van der Waals surface area contributed by atoms with Gasteiger partial charge in [-0.05, 0) is 17.5 Å². The van der Waals surface area contributed by atoms with Gasteiger partial charge in [-0.1, -0.05) is 18.2 Å². The summed E-state index contributed by atoms with van der Waals surface area (Å²) in [6.07, 6.45) is 1.71. The van der Waals surface area contributed by atoms with E-state index < -0.39 is 5.97 Å². The molecule has 1 aliphatic heterocycles. The third-order valence-electron chi connectivity index (χ3n) is 3.25. The van der Waals surface area contributed by atoms with E-state index in [1.165, 1.54) is 5.56 Å². The minimum atomic E-state index is -0.685. The number of hydrogen-bond acceptors (Lipinski definition) is 2. The number of carboxylic acids is 1. The minimum Gasteiger partial charge on any atom is -0.493 e. The Morgan fingerprint density at radius 1 is 1.47 bits per heavy atom. The van der Waals surface area contributed by atoms with Crippen molar-refractivity contribution in [2.24, 2.45) is 5.92 Å². The van der Waals surface area contributed by atoms with E-state index in [4.69, 9.17) is 9.84 Å². The molecule has 3 rings (SSSR count). The van der Waals surface area contributed by atoms with Crippen LogP contribution in [0, 0.1) is 5.92 Å². The molecule has 1 N–H and O–H groups in total. The van der Waals surface area contributed by atoms with Crippen molar-refractivity contribution in [2.45, 2.75) is 18.8 Å². The average Bonchev–Trinajstić information content (AvgIpc) is 2.87. The second kappa shape index (κ2) is 2.99. The van der Waals surface area contributed by atoms with Gasteiger partial charge in [0.05, 0.1) is 12.5 Å². The van der Waals surface area contributed by atoms with E-state index in [1.807, 2.05) is 12.1 Å². The maximum Gasteiger partial charge on any atom is 0.307 e. The average molecular weight is 204 g/mol. The van der Waals surface area contributed by atoms with Gasteiger partial charge in [-0.2, -0.15) is 0 Å². The van der Waals surface area contributed by atoms with Gasteiger partial charge in [-0.3, -0.25) is 4.79 Å². The van der Waals surface area contributed by atoms with Crippen molar-refractivity contribution in [3.63, 3.8) is 0 Å². The Kier molecular flexibility index (Phi) is 1.75. The van der Waals surface area contributed by atoms with Gasteiger partial charge in [0.15, 0.2) is 0 Å². The van der Waals surface area contributed by atoms with Crippen molar-refractivity contribution in [1.29, 1.82) is 0 Å². The quantitative estimate of drug-likeness (QED) is 0.799. The molecule has 1 saturated carbocycles. The Bertz CT molecular complexity index is 425. The molecule has 1 fully saturated rings. The molecule has 15 heavy (non-hydrogen) atoms. The maximum absolute atomic E-state index is 10.8. The van der Waals surface area contributed by atoms with Gasteiger partial charge in [-0.15, -0.1) is 0 Å². The van der Waals surface area contributed by atoms with Crippen molar-refractivity contribution < 1.29 is 14.6 Å². The Balaban J connectivity index is 1.94. The van der Waals surface area contributed by atoms with Crippen LogP contribution in [0.25, 0.3) is 0 Å². The number of para-hydroxylation sites is 1. The normalized spacial score (nSPS) is 26.9. The summed E-state index contributed by atoms with van der Waals surface area (Å²) in [5.74, 6) is 0.248. The highest BCUT2D eigenvalue weighted by Crippen LogP contribution is 2.51. The summed E-state index contributed by atoms with van der Waals surface area (Å²) in [5, 5.41) is 8.89. The van der Waals surface area contributed by atoms with E-state index >= 15 is 0 Å². The lowest BCUT2D eigenvalue weighted by Gasteiger charge is -2.06. The van der Waals surface area contributed by atoms with Crippen molar-refractivity contribution in [3.8, 4) is 5.75 Å². The summed E-state index contributed by atoms with van der Waals surface area (Å²) < 4.78 is 5.57. The first-order chi connectivity index (χ1) is 7.27. The van der Waals surface area contributed by atoms with E-state index in [2.05, 4.69) is 6.07 Å². The number of aliphatic carboxylic acids is 1. The maximum atomic E-state index is 10.8. The van der Waals surface area contributed by atoms with Gasteiger partial charge in [0.1, 0.15) is 5.75 Å². The number of ether oxygens (including phenoxy) is 1. The predicted octanol–water partition coefficient (Wildman–Crippen LogP) is 1.81. The Morgan fingerprint density at radius 3 is 3.07 bits per heavy atom. The molecule has 0 saturated heterocycles. The van der Waals surface area contributed by atoms with Gasteiger partial charge >= 0.3 is 5.97 Å². The van der Waals surface area contributed by atoms with Gasteiger partial charge in [0.2, 0.25) is 0 Å². The molecule has 2 atom stereocenters. The molecular weight excluding hydrogens is 192 g/mol. The zero-order valence-electron chi connectivity index (χ0n) is 8.27. The summed E-state index contributed by atoms with van der Waals surface area (Å²) in [6.45, 7) is 0.733. The monoisotopic (exact) mass is 204 g/mol. The van der Waals surface area contributed by atoms with Crippen molar-refractivity contribution in [3.05, 3.63) is 29.3 Å². The highest BCUT2D eigenvalue weighted by molar-refractivity contribution is 5.75. The summed E-state index contributed by atoms with van der Waals surface area (Å²) >= 11 is 0. The summed E-state index contributed by atoms with van der Waals surface area (Å²) in [4.78, 5) is 10.8. The van der Waals surface area contributed by atoms with Crippen LogP contribution in [0.4, 0.5) is 0 Å². The van der Waals surface area contributed by atoms with Crippen LogP contribution in [0.3, 0.4) is 0 Å². The first-order valence-corrected chi connectivity index (χ1v) is 5.25. The van der Waals surface area contributed by atoms with Crippen molar-refractivity contribution in [2.75, 3.05) is 6.61 Å². The summed E-state index contributed by atoms with van der Waals surface area (Å²) in [5.41, 5.74) is 2.32. The van der Waals surface area contributed by atoms with Crippen LogP contribution in [0.15, 0.2) is 18.2 Å². The third kappa shape index (κ3) is 1.30. The van der Waals surface area contributed by atoms with Gasteiger partial charge < -0.3 is 9.84 Å². The largest absolute Gasteiger partial charge is 0.493 e. The first kappa shape index (κ1) is 8.77. The fourth-order valence-electron chi connectivity index (χ4n) is 2.34. The van der Waals surface area contributed by atoms with Gasteiger partial charge in [-0.25, -0.2) is 0 Å². The van der Waals surface area contributed by atoms with E-state index in [9.17, 15) is 4.79 Å². The molecule has 78 valence electrons. The molecule has 0 spiro atoms. The molecule has 2 unspecified atom stereocenters. The number of fused-ring (bicyclic) bond motifs is 1. The standard InChI is InChI=1S/C12H12O3/c13-12(14)10-6-9(10)8-3-1-2-7-4-5-15-11(7)8/h1-3,9-10H,4-6H2,(H,13,14). The van der Waals surface area contributed by atoms with E-state index in [1.54, 1.807) is 0 Å². The number of benzene rings is 1. The van der Waals surface area contributed by atoms with Crippen LogP contribution in [0.2, 0.25) is 0 Å². The molecule has 0 radical (unpaired) electrons. The topological polar surface area (TPSA) is 46.5 Å². The van der Waals surface area contributed by atoms with E-state index in [0.29, 0.717) is 0 Å². The molecule has 3 nitrogen and oxygen atoms in total. The molecule has 1 aromatic carbocycles. The number of hydrogen-bond donors (Lipinski definition) is 1. The van der Waals surface area contributed by atoms with Gasteiger partial charge in [0.25, 0.3) is 0 Å².